The van der Waals surface area contributed by atoms with Crippen molar-refractivity contribution >= 4 is 23.1 Å². The summed E-state index contributed by atoms with van der Waals surface area (Å²) in [6.07, 6.45) is 4.21. The number of nitro benzene ring substituents is 1. The number of nitrogens with zero attached hydrogens (tertiary/aromatic N) is 4. The van der Waals surface area contributed by atoms with Crippen molar-refractivity contribution in [2.45, 2.75) is 52.5 Å². The second kappa shape index (κ2) is 7.68. The van der Waals surface area contributed by atoms with Gasteiger partial charge in [0.15, 0.2) is 0 Å². The maximum Gasteiger partial charge on any atom is 0.274 e. The molecular formula is C19H25N5O2. The Balaban J connectivity index is 1.92. The highest BCUT2D eigenvalue weighted by molar-refractivity contribution is 5.61. The molecule has 1 saturated heterocycles. The first-order valence-corrected chi connectivity index (χ1v) is 9.14. The molecule has 0 amide bonds. The second-order valence-corrected chi connectivity index (χ2v) is 6.86. The molecule has 2 aromatic rings. The maximum absolute atomic E-state index is 11.2. The van der Waals surface area contributed by atoms with Crippen LogP contribution in [0.1, 0.15) is 44.4 Å². The van der Waals surface area contributed by atoms with E-state index in [0.717, 1.165) is 30.9 Å². The lowest BCUT2D eigenvalue weighted by atomic mass is 10.2. The Morgan fingerprint density at radius 2 is 2.15 bits per heavy atom. The van der Waals surface area contributed by atoms with E-state index in [0.29, 0.717) is 23.2 Å². The van der Waals surface area contributed by atoms with E-state index in [1.165, 1.54) is 18.9 Å². The fourth-order valence-electron chi connectivity index (χ4n) is 3.36. The van der Waals surface area contributed by atoms with Crippen LogP contribution in [-0.4, -0.2) is 27.5 Å². The number of rotatable bonds is 6. The van der Waals surface area contributed by atoms with Gasteiger partial charge in [-0.2, -0.15) is 4.98 Å². The summed E-state index contributed by atoms with van der Waals surface area (Å²) in [4.78, 5) is 22.4. The highest BCUT2D eigenvalue weighted by Gasteiger charge is 2.23. The van der Waals surface area contributed by atoms with E-state index in [1.54, 1.807) is 13.0 Å². The lowest BCUT2D eigenvalue weighted by molar-refractivity contribution is -0.385. The molecule has 3 rings (SSSR count). The molecule has 2 heterocycles. The molecule has 0 saturated carbocycles. The van der Waals surface area contributed by atoms with E-state index < -0.39 is 0 Å². The van der Waals surface area contributed by atoms with Crippen molar-refractivity contribution in [3.63, 3.8) is 0 Å². The van der Waals surface area contributed by atoms with E-state index in [2.05, 4.69) is 40.1 Å². The van der Waals surface area contributed by atoms with Gasteiger partial charge in [-0.05, 0) is 39.2 Å². The highest BCUT2D eigenvalue weighted by Crippen LogP contribution is 2.28. The molecule has 1 aromatic carbocycles. The summed E-state index contributed by atoms with van der Waals surface area (Å²) < 4.78 is 0. The van der Waals surface area contributed by atoms with Gasteiger partial charge < -0.3 is 10.2 Å². The van der Waals surface area contributed by atoms with Crippen molar-refractivity contribution in [3.8, 4) is 0 Å². The van der Waals surface area contributed by atoms with Crippen LogP contribution in [0, 0.1) is 17.0 Å². The fraction of sp³-hybridized carbons (Fsp3) is 0.474. The van der Waals surface area contributed by atoms with Crippen molar-refractivity contribution in [2.24, 2.45) is 0 Å². The Morgan fingerprint density at radius 3 is 2.81 bits per heavy atom. The molecule has 7 heteroatoms. The highest BCUT2D eigenvalue weighted by atomic mass is 16.6. The number of hydrogen-bond donors (Lipinski definition) is 1. The van der Waals surface area contributed by atoms with Crippen molar-refractivity contribution in [3.05, 3.63) is 45.6 Å². The minimum Gasteiger partial charge on any atom is -0.354 e. The summed E-state index contributed by atoms with van der Waals surface area (Å²) in [5.41, 5.74) is 2.33. The third kappa shape index (κ3) is 3.92. The van der Waals surface area contributed by atoms with Crippen LogP contribution in [0.15, 0.2) is 24.3 Å². The zero-order valence-electron chi connectivity index (χ0n) is 15.5. The number of nitrogens with one attached hydrogen (secondary N) is 1. The molecule has 0 spiro atoms. The van der Waals surface area contributed by atoms with E-state index in [-0.39, 0.29) is 10.6 Å². The molecule has 1 fully saturated rings. The number of anilines is 3. The number of aromatic nitrogens is 2. The van der Waals surface area contributed by atoms with Crippen molar-refractivity contribution in [2.75, 3.05) is 16.8 Å². The molecule has 0 aliphatic carbocycles. The molecule has 1 aromatic heterocycles. The average molecular weight is 355 g/mol. The predicted molar refractivity (Wildman–Crippen MR) is 103 cm³/mol. The minimum atomic E-state index is -0.369. The predicted octanol–water partition coefficient (Wildman–Crippen LogP) is 4.38. The fourth-order valence-corrected chi connectivity index (χ4v) is 3.36. The monoisotopic (exact) mass is 355 g/mol. The number of nitro groups is 1. The van der Waals surface area contributed by atoms with Gasteiger partial charge in [0, 0.05) is 41.7 Å². The SMILES string of the molecule is CCCc1cc(N2CCC[C@H]2C)nc(Nc2ccc(C)c([N+](=O)[O-])c2)n1. The Kier molecular flexibility index (Phi) is 5.35. The molecule has 26 heavy (non-hydrogen) atoms. The van der Waals surface area contributed by atoms with Gasteiger partial charge in [-0.15, -0.1) is 0 Å². The Hall–Kier alpha value is -2.70. The molecule has 7 nitrogen and oxygen atoms in total. The van der Waals surface area contributed by atoms with Gasteiger partial charge in [-0.1, -0.05) is 19.4 Å². The Labute approximate surface area is 153 Å². The Morgan fingerprint density at radius 1 is 1.35 bits per heavy atom. The smallest absolute Gasteiger partial charge is 0.274 e. The first kappa shape index (κ1) is 18.1. The molecule has 1 aliphatic rings. The third-order valence-corrected chi connectivity index (χ3v) is 4.78. The van der Waals surface area contributed by atoms with Gasteiger partial charge in [-0.25, -0.2) is 4.98 Å². The summed E-state index contributed by atoms with van der Waals surface area (Å²) in [5, 5.41) is 14.3. The average Bonchev–Trinajstić information content (AvgIpc) is 3.02. The zero-order chi connectivity index (χ0) is 18.7. The van der Waals surface area contributed by atoms with Crippen LogP contribution in [0.5, 0.6) is 0 Å². The van der Waals surface area contributed by atoms with Crippen molar-refractivity contribution < 1.29 is 4.92 Å². The second-order valence-electron chi connectivity index (χ2n) is 6.86. The van der Waals surface area contributed by atoms with Crippen LogP contribution in [0.3, 0.4) is 0 Å². The van der Waals surface area contributed by atoms with Gasteiger partial charge in [0.2, 0.25) is 5.95 Å². The molecule has 138 valence electrons. The van der Waals surface area contributed by atoms with E-state index >= 15 is 0 Å². The summed E-state index contributed by atoms with van der Waals surface area (Å²) in [5.74, 6) is 1.42. The van der Waals surface area contributed by atoms with E-state index in [9.17, 15) is 10.1 Å². The molecular weight excluding hydrogens is 330 g/mol. The maximum atomic E-state index is 11.2. The summed E-state index contributed by atoms with van der Waals surface area (Å²) in [7, 11) is 0. The van der Waals surface area contributed by atoms with Gasteiger partial charge in [-0.3, -0.25) is 10.1 Å². The van der Waals surface area contributed by atoms with Gasteiger partial charge in [0.05, 0.1) is 4.92 Å². The van der Waals surface area contributed by atoms with Crippen LogP contribution in [-0.2, 0) is 6.42 Å². The zero-order valence-corrected chi connectivity index (χ0v) is 15.5. The van der Waals surface area contributed by atoms with Gasteiger partial charge >= 0.3 is 0 Å². The summed E-state index contributed by atoms with van der Waals surface area (Å²) in [6, 6.07) is 7.61. The summed E-state index contributed by atoms with van der Waals surface area (Å²) in [6.45, 7) is 7.06. The van der Waals surface area contributed by atoms with Crippen LogP contribution in [0.25, 0.3) is 0 Å². The lowest BCUT2D eigenvalue weighted by Gasteiger charge is -2.23. The minimum absolute atomic E-state index is 0.0908. The quantitative estimate of drug-likeness (QED) is 0.611. The number of aryl methyl sites for hydroxylation is 2. The molecule has 1 atom stereocenters. The molecule has 1 N–H and O–H groups in total. The normalized spacial score (nSPS) is 16.7. The van der Waals surface area contributed by atoms with Crippen molar-refractivity contribution in [1.29, 1.82) is 0 Å². The standard InChI is InChI=1S/C19H25N5O2/c1-4-6-15-12-18(23-10-5-7-14(23)3)22-19(20-15)21-16-9-8-13(2)17(11-16)24(25)26/h8-9,11-12,14H,4-7,10H2,1-3H3,(H,20,21,22)/t14-/m1/s1. The van der Waals surface area contributed by atoms with Gasteiger partial charge in [0.25, 0.3) is 5.69 Å². The first-order chi connectivity index (χ1) is 12.5. The number of benzene rings is 1. The molecule has 1 aliphatic heterocycles. The molecule has 0 radical (unpaired) electrons. The largest absolute Gasteiger partial charge is 0.354 e. The first-order valence-electron chi connectivity index (χ1n) is 9.14. The van der Waals surface area contributed by atoms with Crippen LogP contribution >= 0.6 is 0 Å². The van der Waals surface area contributed by atoms with Gasteiger partial charge in [0.1, 0.15) is 5.82 Å². The van der Waals surface area contributed by atoms with Crippen molar-refractivity contribution in [1.82, 2.24) is 9.97 Å². The van der Waals surface area contributed by atoms with E-state index in [4.69, 9.17) is 0 Å². The van der Waals surface area contributed by atoms with Crippen LogP contribution in [0.4, 0.5) is 23.1 Å². The van der Waals surface area contributed by atoms with Crippen LogP contribution in [0.2, 0.25) is 0 Å². The number of hydrogen-bond acceptors (Lipinski definition) is 6. The van der Waals surface area contributed by atoms with E-state index in [1.807, 2.05) is 6.07 Å². The van der Waals surface area contributed by atoms with Crippen LogP contribution < -0.4 is 10.2 Å². The lowest BCUT2D eigenvalue weighted by Crippen LogP contribution is -2.27. The molecule has 0 bridgehead atoms. The third-order valence-electron chi connectivity index (χ3n) is 4.78. The topological polar surface area (TPSA) is 84.2 Å². The molecule has 0 unspecified atom stereocenters. The Bertz CT molecular complexity index is 809. The summed E-state index contributed by atoms with van der Waals surface area (Å²) >= 11 is 0.